The Labute approximate surface area is 93.6 Å². The van der Waals surface area contributed by atoms with E-state index >= 15 is 0 Å². The van der Waals surface area contributed by atoms with Crippen molar-refractivity contribution in [2.24, 2.45) is 0 Å². The van der Waals surface area contributed by atoms with Crippen LogP contribution in [0.25, 0.3) is 0 Å². The number of hydrogen-bond acceptors (Lipinski definition) is 3. The first-order chi connectivity index (χ1) is 7.49. The van der Waals surface area contributed by atoms with Crippen LogP contribution in [-0.2, 0) is 4.79 Å². The molecule has 0 saturated carbocycles. The summed E-state index contributed by atoms with van der Waals surface area (Å²) in [6, 6.07) is 5.63. The number of nitrogens with one attached hydrogen (secondary N) is 1. The molecule has 0 aromatic heterocycles. The van der Waals surface area contributed by atoms with Crippen LogP contribution in [0.4, 0.5) is 5.69 Å². The van der Waals surface area contributed by atoms with Crippen LogP contribution < -0.4 is 5.32 Å². The van der Waals surface area contributed by atoms with Crippen LogP contribution in [-0.4, -0.2) is 17.4 Å². The molecule has 0 bridgehead atoms. The lowest BCUT2D eigenvalue weighted by Gasteiger charge is -2.07. The van der Waals surface area contributed by atoms with E-state index in [-0.39, 0.29) is 18.9 Å². The third-order valence-electron chi connectivity index (χ3n) is 2.18. The van der Waals surface area contributed by atoms with E-state index in [1.54, 1.807) is 6.07 Å². The molecular formula is C11H14N2O3. The molecule has 0 heterocycles. The second-order valence-electron chi connectivity index (χ2n) is 3.67. The number of carbonyl (C=O) groups is 1. The molecule has 86 valence electrons. The fraction of sp³-hybridized carbons (Fsp3) is 0.364. The molecule has 0 fully saturated rings. The number of aryl methyl sites for hydroxylation is 2. The molecule has 1 amide bonds. The van der Waals surface area contributed by atoms with Gasteiger partial charge >= 0.3 is 0 Å². The maximum Gasteiger partial charge on any atom is 0.230 e. The van der Waals surface area contributed by atoms with E-state index < -0.39 is 4.92 Å². The summed E-state index contributed by atoms with van der Waals surface area (Å²) in [6.07, 6.45) is -0.0969. The highest BCUT2D eigenvalue weighted by atomic mass is 16.6. The molecule has 16 heavy (non-hydrogen) atoms. The Morgan fingerprint density at radius 1 is 1.44 bits per heavy atom. The zero-order valence-corrected chi connectivity index (χ0v) is 9.32. The number of hydrogen-bond donors (Lipinski definition) is 1. The molecule has 0 aliphatic rings. The van der Waals surface area contributed by atoms with Crippen LogP contribution in [0, 0.1) is 24.0 Å². The van der Waals surface area contributed by atoms with Crippen molar-refractivity contribution in [1.29, 1.82) is 0 Å². The van der Waals surface area contributed by atoms with Crippen LogP contribution in [0.1, 0.15) is 17.5 Å². The predicted octanol–water partition coefficient (Wildman–Crippen LogP) is 1.91. The third-order valence-corrected chi connectivity index (χ3v) is 2.18. The van der Waals surface area contributed by atoms with Gasteiger partial charge in [-0.15, -0.1) is 0 Å². The lowest BCUT2D eigenvalue weighted by Crippen LogP contribution is -2.16. The molecule has 0 aliphatic carbocycles. The van der Waals surface area contributed by atoms with Crippen molar-refractivity contribution in [3.05, 3.63) is 39.4 Å². The summed E-state index contributed by atoms with van der Waals surface area (Å²) < 4.78 is 0. The first kappa shape index (κ1) is 12.2. The minimum absolute atomic E-state index is 0.0969. The van der Waals surface area contributed by atoms with Gasteiger partial charge in [-0.2, -0.15) is 0 Å². The van der Waals surface area contributed by atoms with E-state index in [2.05, 4.69) is 5.32 Å². The molecule has 1 rings (SSSR count). The first-order valence-corrected chi connectivity index (χ1v) is 4.98. The summed E-state index contributed by atoms with van der Waals surface area (Å²) in [5.74, 6) is -0.330. The van der Waals surface area contributed by atoms with Crippen molar-refractivity contribution in [1.82, 2.24) is 0 Å². The maximum atomic E-state index is 11.3. The average Bonchev–Trinajstić information content (AvgIpc) is 2.19. The molecule has 1 aromatic rings. The molecule has 5 heteroatoms. The van der Waals surface area contributed by atoms with Gasteiger partial charge in [-0.1, -0.05) is 17.7 Å². The van der Waals surface area contributed by atoms with Crippen molar-refractivity contribution < 1.29 is 9.72 Å². The van der Waals surface area contributed by atoms with E-state index in [4.69, 9.17) is 0 Å². The Morgan fingerprint density at radius 2 is 2.12 bits per heavy atom. The van der Waals surface area contributed by atoms with E-state index in [1.165, 1.54) is 0 Å². The monoisotopic (exact) mass is 222 g/mol. The summed E-state index contributed by atoms with van der Waals surface area (Å²) in [5, 5.41) is 12.7. The number of nitrogens with zero attached hydrogens (tertiary/aromatic N) is 1. The molecular weight excluding hydrogens is 208 g/mol. The lowest BCUT2D eigenvalue weighted by atomic mass is 10.1. The molecule has 0 unspecified atom stereocenters. The topological polar surface area (TPSA) is 72.2 Å². The van der Waals surface area contributed by atoms with Crippen molar-refractivity contribution in [2.45, 2.75) is 20.3 Å². The van der Waals surface area contributed by atoms with Gasteiger partial charge in [-0.05, 0) is 25.5 Å². The Bertz CT molecular complexity index is 416. The number of rotatable bonds is 4. The third kappa shape index (κ3) is 3.68. The highest BCUT2D eigenvalue weighted by Gasteiger charge is 2.08. The number of anilines is 1. The van der Waals surface area contributed by atoms with Crippen LogP contribution in [0.5, 0.6) is 0 Å². The number of nitro groups is 1. The Balaban J connectivity index is 2.59. The van der Waals surface area contributed by atoms with Crippen LogP contribution in [0.2, 0.25) is 0 Å². The summed E-state index contributed by atoms with van der Waals surface area (Å²) >= 11 is 0. The standard InChI is InChI=1S/C11H14N2O3/c1-8-3-4-10(9(2)7-8)12-11(14)5-6-13(15)16/h3-4,7H,5-6H2,1-2H3,(H,12,14). The van der Waals surface area contributed by atoms with Crippen LogP contribution in [0.3, 0.4) is 0 Å². The molecule has 0 aliphatic heterocycles. The fourth-order valence-electron chi connectivity index (χ4n) is 1.36. The number of amides is 1. The lowest BCUT2D eigenvalue weighted by molar-refractivity contribution is -0.478. The molecule has 0 saturated heterocycles. The van der Waals surface area contributed by atoms with Gasteiger partial charge in [0.2, 0.25) is 12.5 Å². The van der Waals surface area contributed by atoms with Crippen molar-refractivity contribution in [3.8, 4) is 0 Å². The van der Waals surface area contributed by atoms with Crippen molar-refractivity contribution >= 4 is 11.6 Å². The van der Waals surface area contributed by atoms with Crippen molar-refractivity contribution in [2.75, 3.05) is 11.9 Å². The Morgan fingerprint density at radius 3 is 2.69 bits per heavy atom. The predicted molar refractivity (Wildman–Crippen MR) is 61.0 cm³/mol. The van der Waals surface area contributed by atoms with E-state index in [0.29, 0.717) is 5.69 Å². The SMILES string of the molecule is Cc1ccc(NC(=O)CC[N+](=O)[O-])c(C)c1. The van der Waals surface area contributed by atoms with Crippen LogP contribution >= 0.6 is 0 Å². The van der Waals surface area contributed by atoms with E-state index in [9.17, 15) is 14.9 Å². The smallest absolute Gasteiger partial charge is 0.230 e. The van der Waals surface area contributed by atoms with Gasteiger partial charge in [0.05, 0.1) is 6.42 Å². The van der Waals surface area contributed by atoms with Crippen molar-refractivity contribution in [3.63, 3.8) is 0 Å². The van der Waals surface area contributed by atoms with Gasteiger partial charge in [-0.25, -0.2) is 0 Å². The summed E-state index contributed by atoms with van der Waals surface area (Å²) in [5.41, 5.74) is 2.77. The minimum Gasteiger partial charge on any atom is -0.326 e. The van der Waals surface area contributed by atoms with Gasteiger partial charge in [-0.3, -0.25) is 14.9 Å². The van der Waals surface area contributed by atoms with Gasteiger partial charge in [0.25, 0.3) is 0 Å². The quantitative estimate of drug-likeness (QED) is 0.624. The maximum absolute atomic E-state index is 11.3. The minimum atomic E-state index is -0.498. The largest absolute Gasteiger partial charge is 0.326 e. The Kier molecular flexibility index (Phi) is 3.99. The summed E-state index contributed by atoms with van der Waals surface area (Å²) in [4.78, 5) is 20.9. The summed E-state index contributed by atoms with van der Waals surface area (Å²) in [6.45, 7) is 3.51. The Hall–Kier alpha value is -1.91. The summed E-state index contributed by atoms with van der Waals surface area (Å²) in [7, 11) is 0. The second kappa shape index (κ2) is 5.25. The second-order valence-corrected chi connectivity index (χ2v) is 3.67. The number of carbonyl (C=O) groups excluding carboxylic acids is 1. The highest BCUT2D eigenvalue weighted by Crippen LogP contribution is 2.15. The van der Waals surface area contributed by atoms with Gasteiger partial charge in [0.1, 0.15) is 0 Å². The van der Waals surface area contributed by atoms with E-state index in [0.717, 1.165) is 11.1 Å². The molecule has 1 aromatic carbocycles. The molecule has 0 spiro atoms. The fourth-order valence-corrected chi connectivity index (χ4v) is 1.36. The first-order valence-electron chi connectivity index (χ1n) is 4.98. The van der Waals surface area contributed by atoms with Gasteiger partial charge < -0.3 is 5.32 Å². The molecule has 0 atom stereocenters. The van der Waals surface area contributed by atoms with Crippen LogP contribution in [0.15, 0.2) is 18.2 Å². The molecule has 0 radical (unpaired) electrons. The zero-order chi connectivity index (χ0) is 12.1. The molecule has 1 N–H and O–H groups in total. The van der Waals surface area contributed by atoms with Gasteiger partial charge in [0, 0.05) is 10.6 Å². The average molecular weight is 222 g/mol. The van der Waals surface area contributed by atoms with Gasteiger partial charge in [0.15, 0.2) is 0 Å². The number of benzene rings is 1. The molecule has 5 nitrogen and oxygen atoms in total. The highest BCUT2D eigenvalue weighted by molar-refractivity contribution is 5.91. The van der Waals surface area contributed by atoms with E-state index in [1.807, 2.05) is 26.0 Å². The zero-order valence-electron chi connectivity index (χ0n) is 9.32. The normalized spacial score (nSPS) is 9.88.